The van der Waals surface area contributed by atoms with Crippen LogP contribution in [0.4, 0.5) is 5.69 Å². The fraction of sp³-hybridized carbons (Fsp3) is 0.429. The average molecular weight is 291 g/mol. The van der Waals surface area contributed by atoms with Gasteiger partial charge in [0.25, 0.3) is 0 Å². The first-order valence-electron chi connectivity index (χ1n) is 6.57. The van der Waals surface area contributed by atoms with Gasteiger partial charge in [-0.25, -0.2) is 4.98 Å². The Balaban J connectivity index is 1.62. The van der Waals surface area contributed by atoms with Crippen molar-refractivity contribution in [1.82, 2.24) is 9.97 Å². The Morgan fingerprint density at radius 1 is 1.50 bits per heavy atom. The molecule has 0 aromatic carbocycles. The van der Waals surface area contributed by atoms with Gasteiger partial charge in [0.15, 0.2) is 0 Å². The van der Waals surface area contributed by atoms with Crippen molar-refractivity contribution in [3.8, 4) is 0 Å². The Hall–Kier alpha value is -1.50. The molecule has 0 fully saturated rings. The molecule has 0 saturated heterocycles. The SMILES string of the molecule is COCc1nc(CNc2cnc3c(c2)COCC3)cs1. The molecule has 0 amide bonds. The first-order chi connectivity index (χ1) is 9.85. The number of hydrogen-bond donors (Lipinski definition) is 1. The molecule has 1 aliphatic rings. The molecule has 106 valence electrons. The predicted octanol–water partition coefficient (Wildman–Crippen LogP) is 2.37. The summed E-state index contributed by atoms with van der Waals surface area (Å²) < 4.78 is 10.5. The number of methoxy groups -OCH3 is 1. The number of fused-ring (bicyclic) bond motifs is 1. The van der Waals surface area contributed by atoms with Crippen molar-refractivity contribution < 1.29 is 9.47 Å². The van der Waals surface area contributed by atoms with Gasteiger partial charge in [-0.05, 0) is 6.07 Å². The number of pyridine rings is 1. The Kier molecular flexibility index (Phi) is 4.25. The third-order valence-corrected chi connectivity index (χ3v) is 4.01. The van der Waals surface area contributed by atoms with Crippen molar-refractivity contribution >= 4 is 17.0 Å². The van der Waals surface area contributed by atoms with Crippen LogP contribution in [0.3, 0.4) is 0 Å². The third kappa shape index (κ3) is 3.15. The topological polar surface area (TPSA) is 56.3 Å². The highest BCUT2D eigenvalue weighted by molar-refractivity contribution is 7.09. The van der Waals surface area contributed by atoms with Gasteiger partial charge < -0.3 is 14.8 Å². The Bertz CT molecular complexity index is 586. The van der Waals surface area contributed by atoms with E-state index >= 15 is 0 Å². The van der Waals surface area contributed by atoms with Crippen LogP contribution in [0.15, 0.2) is 17.6 Å². The molecule has 0 atom stereocenters. The van der Waals surface area contributed by atoms with Crippen LogP contribution in [-0.4, -0.2) is 23.7 Å². The van der Waals surface area contributed by atoms with Crippen molar-refractivity contribution in [2.75, 3.05) is 19.0 Å². The highest BCUT2D eigenvalue weighted by atomic mass is 32.1. The summed E-state index contributed by atoms with van der Waals surface area (Å²) in [7, 11) is 1.68. The second kappa shape index (κ2) is 6.30. The van der Waals surface area contributed by atoms with Crippen LogP contribution < -0.4 is 5.32 Å². The van der Waals surface area contributed by atoms with Crippen LogP contribution in [0.25, 0.3) is 0 Å². The number of nitrogens with one attached hydrogen (secondary N) is 1. The molecule has 3 heterocycles. The fourth-order valence-electron chi connectivity index (χ4n) is 2.15. The van der Waals surface area contributed by atoms with Gasteiger partial charge in [-0.2, -0.15) is 0 Å². The maximum Gasteiger partial charge on any atom is 0.119 e. The number of hydrogen-bond acceptors (Lipinski definition) is 6. The lowest BCUT2D eigenvalue weighted by Crippen LogP contribution is -2.12. The van der Waals surface area contributed by atoms with E-state index in [1.54, 1.807) is 18.4 Å². The number of aromatic nitrogens is 2. The maximum absolute atomic E-state index is 5.45. The molecule has 0 radical (unpaired) electrons. The van der Waals surface area contributed by atoms with Crippen molar-refractivity contribution in [3.63, 3.8) is 0 Å². The summed E-state index contributed by atoms with van der Waals surface area (Å²) in [4.78, 5) is 8.97. The summed E-state index contributed by atoms with van der Waals surface area (Å²) in [5.74, 6) is 0. The van der Waals surface area contributed by atoms with E-state index in [0.717, 1.165) is 35.1 Å². The van der Waals surface area contributed by atoms with Crippen LogP contribution in [0.2, 0.25) is 0 Å². The zero-order valence-corrected chi connectivity index (χ0v) is 12.2. The third-order valence-electron chi connectivity index (χ3n) is 3.14. The quantitative estimate of drug-likeness (QED) is 0.916. The second-order valence-corrected chi connectivity index (χ2v) is 5.59. The van der Waals surface area contributed by atoms with Crippen LogP contribution in [0.1, 0.15) is 22.0 Å². The molecule has 20 heavy (non-hydrogen) atoms. The van der Waals surface area contributed by atoms with Crippen molar-refractivity contribution in [1.29, 1.82) is 0 Å². The highest BCUT2D eigenvalue weighted by Crippen LogP contribution is 2.19. The molecule has 0 aliphatic carbocycles. The van der Waals surface area contributed by atoms with Crippen LogP contribution >= 0.6 is 11.3 Å². The Morgan fingerprint density at radius 2 is 2.45 bits per heavy atom. The minimum Gasteiger partial charge on any atom is -0.378 e. The fourth-order valence-corrected chi connectivity index (χ4v) is 2.91. The van der Waals surface area contributed by atoms with Gasteiger partial charge in [-0.15, -0.1) is 11.3 Å². The van der Waals surface area contributed by atoms with E-state index in [1.807, 2.05) is 6.20 Å². The van der Waals surface area contributed by atoms with E-state index in [1.165, 1.54) is 5.56 Å². The number of anilines is 1. The number of nitrogens with zero attached hydrogens (tertiary/aromatic N) is 2. The van der Waals surface area contributed by atoms with Crippen molar-refractivity contribution in [3.05, 3.63) is 39.6 Å². The molecule has 1 aliphatic heterocycles. The molecule has 3 rings (SSSR count). The number of ether oxygens (including phenoxy) is 2. The van der Waals surface area contributed by atoms with E-state index in [9.17, 15) is 0 Å². The zero-order chi connectivity index (χ0) is 13.8. The zero-order valence-electron chi connectivity index (χ0n) is 11.4. The maximum atomic E-state index is 5.45. The number of rotatable bonds is 5. The molecule has 0 bridgehead atoms. The van der Waals surface area contributed by atoms with Gasteiger partial charge in [-0.3, -0.25) is 4.98 Å². The molecule has 1 N–H and O–H groups in total. The van der Waals surface area contributed by atoms with Gasteiger partial charge in [-0.1, -0.05) is 0 Å². The Labute approximate surface area is 122 Å². The smallest absolute Gasteiger partial charge is 0.119 e. The molecular weight excluding hydrogens is 274 g/mol. The summed E-state index contributed by atoms with van der Waals surface area (Å²) in [6.45, 7) is 2.70. The molecule has 5 nitrogen and oxygen atoms in total. The van der Waals surface area contributed by atoms with E-state index < -0.39 is 0 Å². The number of thiazole rings is 1. The molecule has 2 aromatic rings. The minimum atomic E-state index is 0.572. The first-order valence-corrected chi connectivity index (χ1v) is 7.45. The van der Waals surface area contributed by atoms with Crippen LogP contribution in [0, 0.1) is 0 Å². The summed E-state index contributed by atoms with van der Waals surface area (Å²) >= 11 is 1.62. The van der Waals surface area contributed by atoms with E-state index in [2.05, 4.69) is 26.7 Å². The van der Waals surface area contributed by atoms with Crippen LogP contribution in [-0.2, 0) is 35.7 Å². The summed E-state index contributed by atoms with van der Waals surface area (Å²) in [6, 6.07) is 2.12. The van der Waals surface area contributed by atoms with E-state index in [4.69, 9.17) is 9.47 Å². The summed E-state index contributed by atoms with van der Waals surface area (Å²) in [5.41, 5.74) is 4.36. The van der Waals surface area contributed by atoms with E-state index in [-0.39, 0.29) is 0 Å². The normalized spacial score (nSPS) is 14.1. The molecule has 2 aromatic heterocycles. The standard InChI is InChI=1S/C14H17N3O2S/c1-18-8-14-17-12(9-20-14)6-15-11-4-10-7-19-3-2-13(10)16-5-11/h4-5,9,15H,2-3,6-8H2,1H3. The largest absolute Gasteiger partial charge is 0.378 e. The van der Waals surface area contributed by atoms with E-state index in [0.29, 0.717) is 19.8 Å². The molecule has 6 heteroatoms. The molecule has 0 unspecified atom stereocenters. The Morgan fingerprint density at radius 3 is 3.35 bits per heavy atom. The predicted molar refractivity (Wildman–Crippen MR) is 77.8 cm³/mol. The molecule has 0 saturated carbocycles. The van der Waals surface area contributed by atoms with Crippen molar-refractivity contribution in [2.24, 2.45) is 0 Å². The molecule has 0 spiro atoms. The van der Waals surface area contributed by atoms with Gasteiger partial charge in [0, 0.05) is 30.2 Å². The lowest BCUT2D eigenvalue weighted by atomic mass is 10.1. The van der Waals surface area contributed by atoms with Gasteiger partial charge in [0.05, 0.1) is 43.9 Å². The molecular formula is C14H17N3O2S. The lowest BCUT2D eigenvalue weighted by molar-refractivity contribution is 0.109. The summed E-state index contributed by atoms with van der Waals surface area (Å²) in [6.07, 6.45) is 2.79. The average Bonchev–Trinajstić information content (AvgIpc) is 2.93. The van der Waals surface area contributed by atoms with Crippen molar-refractivity contribution in [2.45, 2.75) is 26.2 Å². The van der Waals surface area contributed by atoms with Gasteiger partial charge >= 0.3 is 0 Å². The monoisotopic (exact) mass is 291 g/mol. The minimum absolute atomic E-state index is 0.572. The van der Waals surface area contributed by atoms with Gasteiger partial charge in [0.1, 0.15) is 5.01 Å². The highest BCUT2D eigenvalue weighted by Gasteiger charge is 2.11. The lowest BCUT2D eigenvalue weighted by Gasteiger charge is -2.16. The van der Waals surface area contributed by atoms with Gasteiger partial charge in [0.2, 0.25) is 0 Å². The van der Waals surface area contributed by atoms with Crippen LogP contribution in [0.5, 0.6) is 0 Å². The summed E-state index contributed by atoms with van der Waals surface area (Å²) in [5, 5.41) is 6.40. The first kappa shape index (κ1) is 13.5. The second-order valence-electron chi connectivity index (χ2n) is 4.65.